The van der Waals surface area contributed by atoms with E-state index in [4.69, 9.17) is 0 Å². The van der Waals surface area contributed by atoms with Crippen molar-refractivity contribution in [2.24, 2.45) is 5.92 Å². The van der Waals surface area contributed by atoms with Gasteiger partial charge in [-0.25, -0.2) is 0 Å². The van der Waals surface area contributed by atoms with Crippen LogP contribution in [0.2, 0.25) is 6.82 Å². The van der Waals surface area contributed by atoms with E-state index in [0.29, 0.717) is 5.92 Å². The average Bonchev–Trinajstić information content (AvgIpc) is 2.67. The van der Waals surface area contributed by atoms with Crippen molar-refractivity contribution in [1.29, 1.82) is 0 Å². The van der Waals surface area contributed by atoms with Crippen LogP contribution in [-0.2, 0) is 6.42 Å². The van der Waals surface area contributed by atoms with Crippen LogP contribution in [0.15, 0.2) is 42.5 Å². The Bertz CT molecular complexity index is 443. The van der Waals surface area contributed by atoms with Gasteiger partial charge in [-0.05, 0) is 23.5 Å². The van der Waals surface area contributed by atoms with Crippen molar-refractivity contribution in [3.8, 4) is 0 Å². The lowest BCUT2D eigenvalue weighted by atomic mass is 9.68. The van der Waals surface area contributed by atoms with Crippen LogP contribution >= 0.6 is 0 Å². The standard InChI is InChI=1S/C14H15B/c1-15-13-8-4-6-11-9-10-5-2-3-7-12(10)14(11)13/h2-8,10,12,15H,9H2,1H3. The molecule has 0 N–H and O–H groups in total. The van der Waals surface area contributed by atoms with Crippen LogP contribution in [-0.4, -0.2) is 7.28 Å². The minimum absolute atomic E-state index is 0.654. The molecule has 1 heteroatoms. The van der Waals surface area contributed by atoms with E-state index < -0.39 is 0 Å². The van der Waals surface area contributed by atoms with Crippen LogP contribution in [0.1, 0.15) is 17.0 Å². The van der Waals surface area contributed by atoms with Gasteiger partial charge >= 0.3 is 0 Å². The van der Waals surface area contributed by atoms with Crippen molar-refractivity contribution in [2.75, 3.05) is 0 Å². The molecule has 0 heterocycles. The molecule has 0 saturated heterocycles. The molecule has 0 aromatic heterocycles. The molecule has 0 nitrogen and oxygen atoms in total. The molecule has 1 aromatic carbocycles. The minimum Gasteiger partial charge on any atom is -0.0849 e. The first-order valence-electron chi connectivity index (χ1n) is 5.86. The maximum absolute atomic E-state index is 2.37. The van der Waals surface area contributed by atoms with E-state index in [0.717, 1.165) is 13.2 Å². The SMILES string of the molecule is CBc1cccc2c1C1C=CC=CC1C2. The van der Waals surface area contributed by atoms with E-state index in [-0.39, 0.29) is 0 Å². The number of rotatable bonds is 1. The van der Waals surface area contributed by atoms with Gasteiger partial charge in [-0.2, -0.15) is 0 Å². The van der Waals surface area contributed by atoms with Crippen LogP contribution in [0.25, 0.3) is 0 Å². The van der Waals surface area contributed by atoms with Crippen molar-refractivity contribution >= 4 is 12.7 Å². The molecule has 2 aliphatic rings. The Morgan fingerprint density at radius 1 is 1.20 bits per heavy atom. The van der Waals surface area contributed by atoms with Gasteiger partial charge in [0.1, 0.15) is 0 Å². The van der Waals surface area contributed by atoms with Crippen molar-refractivity contribution in [2.45, 2.75) is 19.2 Å². The molecule has 0 radical (unpaired) electrons. The zero-order valence-corrected chi connectivity index (χ0v) is 9.11. The van der Waals surface area contributed by atoms with E-state index in [2.05, 4.69) is 49.3 Å². The third-order valence-corrected chi connectivity index (χ3v) is 3.71. The Morgan fingerprint density at radius 3 is 2.93 bits per heavy atom. The monoisotopic (exact) mass is 194 g/mol. The summed E-state index contributed by atoms with van der Waals surface area (Å²) in [6.07, 6.45) is 10.4. The molecule has 3 rings (SSSR count). The average molecular weight is 194 g/mol. The molecule has 1 aromatic rings. The first kappa shape index (κ1) is 9.02. The van der Waals surface area contributed by atoms with Crippen molar-refractivity contribution < 1.29 is 0 Å². The summed E-state index contributed by atoms with van der Waals surface area (Å²) in [5, 5.41) is 0. The summed E-state index contributed by atoms with van der Waals surface area (Å²) in [5.74, 6) is 1.37. The van der Waals surface area contributed by atoms with Gasteiger partial charge in [-0.1, -0.05) is 54.8 Å². The predicted molar refractivity (Wildman–Crippen MR) is 67.3 cm³/mol. The van der Waals surface area contributed by atoms with Crippen molar-refractivity contribution in [1.82, 2.24) is 0 Å². The van der Waals surface area contributed by atoms with Gasteiger partial charge in [0, 0.05) is 5.92 Å². The fourth-order valence-electron chi connectivity index (χ4n) is 2.99. The predicted octanol–water partition coefficient (Wildman–Crippen LogP) is 2.18. The van der Waals surface area contributed by atoms with Crippen LogP contribution in [0.3, 0.4) is 0 Å². The molecule has 0 spiro atoms. The maximum atomic E-state index is 2.37. The summed E-state index contributed by atoms with van der Waals surface area (Å²) >= 11 is 0. The second-order valence-corrected chi connectivity index (χ2v) is 4.51. The second kappa shape index (κ2) is 3.41. The third-order valence-electron chi connectivity index (χ3n) is 3.71. The van der Waals surface area contributed by atoms with Crippen molar-refractivity contribution in [3.63, 3.8) is 0 Å². The fourth-order valence-corrected chi connectivity index (χ4v) is 2.99. The van der Waals surface area contributed by atoms with Gasteiger partial charge in [-0.15, -0.1) is 0 Å². The van der Waals surface area contributed by atoms with E-state index >= 15 is 0 Å². The van der Waals surface area contributed by atoms with E-state index in [1.165, 1.54) is 6.42 Å². The van der Waals surface area contributed by atoms with E-state index in [1.807, 2.05) is 0 Å². The Hall–Kier alpha value is -1.24. The molecule has 0 bridgehead atoms. The van der Waals surface area contributed by atoms with Gasteiger partial charge in [0.2, 0.25) is 0 Å². The number of hydrogen-bond donors (Lipinski definition) is 0. The van der Waals surface area contributed by atoms with Crippen LogP contribution < -0.4 is 5.46 Å². The number of benzene rings is 1. The molecule has 15 heavy (non-hydrogen) atoms. The van der Waals surface area contributed by atoms with Gasteiger partial charge in [-0.3, -0.25) is 0 Å². The quantitative estimate of drug-likeness (QED) is 0.601. The summed E-state index contributed by atoms with van der Waals surface area (Å²) in [5.41, 5.74) is 4.73. The summed E-state index contributed by atoms with van der Waals surface area (Å²) in [7, 11) is 1.16. The lowest BCUT2D eigenvalue weighted by Gasteiger charge is -2.17. The zero-order chi connectivity index (χ0) is 10.3. The van der Waals surface area contributed by atoms with E-state index in [9.17, 15) is 0 Å². The first-order chi connectivity index (χ1) is 7.40. The molecule has 0 saturated carbocycles. The normalized spacial score (nSPS) is 26.2. The van der Waals surface area contributed by atoms with Crippen molar-refractivity contribution in [3.05, 3.63) is 53.6 Å². The molecule has 0 amide bonds. The molecular formula is C14H15B. The smallest absolute Gasteiger partial charge is 0.0849 e. The Morgan fingerprint density at radius 2 is 2.07 bits per heavy atom. The van der Waals surface area contributed by atoms with Gasteiger partial charge in [0.05, 0.1) is 0 Å². The molecular weight excluding hydrogens is 179 g/mol. The summed E-state index contributed by atoms with van der Waals surface area (Å²) in [6, 6.07) is 6.80. The topological polar surface area (TPSA) is 0 Å². The lowest BCUT2D eigenvalue weighted by Crippen LogP contribution is -2.19. The minimum atomic E-state index is 0.654. The highest BCUT2D eigenvalue weighted by atomic mass is 14.3. The second-order valence-electron chi connectivity index (χ2n) is 4.51. The highest BCUT2D eigenvalue weighted by Gasteiger charge is 2.31. The first-order valence-corrected chi connectivity index (χ1v) is 5.86. The molecule has 74 valence electrons. The van der Waals surface area contributed by atoms with Crippen LogP contribution in [0, 0.1) is 5.92 Å². The lowest BCUT2D eigenvalue weighted by molar-refractivity contribution is 0.631. The van der Waals surface area contributed by atoms with E-state index in [1.54, 1.807) is 16.6 Å². The Kier molecular flexibility index (Phi) is 2.05. The van der Waals surface area contributed by atoms with Gasteiger partial charge in [0.25, 0.3) is 0 Å². The Labute approximate surface area is 91.9 Å². The number of hydrogen-bond acceptors (Lipinski definition) is 0. The Balaban J connectivity index is 2.14. The summed E-state index contributed by atoms with van der Waals surface area (Å²) in [6.45, 7) is 2.26. The fraction of sp³-hybridized carbons (Fsp3) is 0.286. The number of allylic oxidation sites excluding steroid dienone is 4. The highest BCUT2D eigenvalue weighted by Crippen LogP contribution is 2.40. The summed E-state index contributed by atoms with van der Waals surface area (Å²) in [4.78, 5) is 0. The molecule has 2 unspecified atom stereocenters. The molecule has 0 aliphatic heterocycles. The largest absolute Gasteiger partial charge is 0.154 e. The molecule has 0 fully saturated rings. The third kappa shape index (κ3) is 1.30. The van der Waals surface area contributed by atoms with Gasteiger partial charge in [0.15, 0.2) is 7.28 Å². The molecule has 2 atom stereocenters. The highest BCUT2D eigenvalue weighted by molar-refractivity contribution is 6.52. The van der Waals surface area contributed by atoms with Crippen LogP contribution in [0.4, 0.5) is 0 Å². The zero-order valence-electron chi connectivity index (χ0n) is 9.11. The maximum Gasteiger partial charge on any atom is 0.154 e. The van der Waals surface area contributed by atoms with Gasteiger partial charge < -0.3 is 0 Å². The number of fused-ring (bicyclic) bond motifs is 3. The summed E-state index contributed by atoms with van der Waals surface area (Å²) < 4.78 is 0. The van der Waals surface area contributed by atoms with Crippen LogP contribution in [0.5, 0.6) is 0 Å². The molecule has 2 aliphatic carbocycles.